The number of rotatable bonds is 4. The van der Waals surface area contributed by atoms with Gasteiger partial charge in [-0.1, -0.05) is 20.8 Å². The van der Waals surface area contributed by atoms with Gasteiger partial charge in [0.1, 0.15) is 5.82 Å². The zero-order chi connectivity index (χ0) is 14.0. The third-order valence-corrected chi connectivity index (χ3v) is 3.69. The van der Waals surface area contributed by atoms with E-state index < -0.39 is 22.4 Å². The number of benzene rings is 1. The quantitative estimate of drug-likeness (QED) is 0.878. The number of halogens is 1. The Morgan fingerprint density at radius 2 is 1.94 bits per heavy atom. The van der Waals surface area contributed by atoms with Crippen molar-refractivity contribution in [2.75, 3.05) is 6.54 Å². The van der Waals surface area contributed by atoms with E-state index in [-0.39, 0.29) is 22.4 Å². The predicted molar refractivity (Wildman–Crippen MR) is 67.0 cm³/mol. The third-order valence-electron chi connectivity index (χ3n) is 2.29. The van der Waals surface area contributed by atoms with E-state index in [1.807, 2.05) is 20.8 Å². The van der Waals surface area contributed by atoms with E-state index >= 15 is 0 Å². The first kappa shape index (κ1) is 15.1. The average molecular weight is 275 g/mol. The van der Waals surface area contributed by atoms with Gasteiger partial charge < -0.3 is 5.11 Å². The summed E-state index contributed by atoms with van der Waals surface area (Å²) in [6.45, 7) is 5.45. The van der Waals surface area contributed by atoms with E-state index in [9.17, 15) is 12.8 Å². The summed E-state index contributed by atoms with van der Waals surface area (Å²) >= 11 is 0. The molecule has 0 aliphatic carbocycles. The second-order valence-corrected chi connectivity index (χ2v) is 7.06. The normalized spacial score (nSPS) is 12.7. The molecule has 0 saturated carbocycles. The summed E-state index contributed by atoms with van der Waals surface area (Å²) in [5, 5.41) is 8.91. The molecule has 0 radical (unpaired) electrons. The van der Waals surface area contributed by atoms with Gasteiger partial charge in [0.05, 0.1) is 11.5 Å². The van der Waals surface area contributed by atoms with Gasteiger partial charge in [-0.25, -0.2) is 17.5 Å². The van der Waals surface area contributed by atoms with Gasteiger partial charge in [-0.05, 0) is 23.6 Å². The molecule has 18 heavy (non-hydrogen) atoms. The van der Waals surface area contributed by atoms with Crippen molar-refractivity contribution >= 4 is 10.0 Å². The molecule has 0 aliphatic heterocycles. The number of hydrogen-bond donors (Lipinski definition) is 2. The van der Waals surface area contributed by atoms with Crippen LogP contribution in [0, 0.1) is 11.2 Å². The van der Waals surface area contributed by atoms with Crippen LogP contribution in [0.3, 0.4) is 0 Å². The maximum Gasteiger partial charge on any atom is 0.240 e. The molecule has 0 aliphatic rings. The first-order valence-electron chi connectivity index (χ1n) is 5.55. The highest BCUT2D eigenvalue weighted by Gasteiger charge is 2.19. The highest BCUT2D eigenvalue weighted by atomic mass is 32.2. The van der Waals surface area contributed by atoms with E-state index in [0.29, 0.717) is 0 Å². The Labute approximate surface area is 107 Å². The largest absolute Gasteiger partial charge is 0.392 e. The van der Waals surface area contributed by atoms with Crippen LogP contribution in [0.15, 0.2) is 23.1 Å². The molecule has 0 atom stereocenters. The Balaban J connectivity index is 2.99. The van der Waals surface area contributed by atoms with E-state index in [0.717, 1.165) is 12.1 Å². The molecule has 1 aromatic carbocycles. The van der Waals surface area contributed by atoms with Crippen LogP contribution in [0.1, 0.15) is 26.3 Å². The van der Waals surface area contributed by atoms with Gasteiger partial charge in [0.15, 0.2) is 0 Å². The van der Waals surface area contributed by atoms with E-state index in [4.69, 9.17) is 5.11 Å². The zero-order valence-corrected chi connectivity index (χ0v) is 11.5. The fourth-order valence-corrected chi connectivity index (χ4v) is 2.57. The highest BCUT2D eigenvalue weighted by Crippen LogP contribution is 2.17. The van der Waals surface area contributed by atoms with Gasteiger partial charge in [-0.15, -0.1) is 0 Å². The van der Waals surface area contributed by atoms with Gasteiger partial charge >= 0.3 is 0 Å². The number of hydrogen-bond acceptors (Lipinski definition) is 3. The lowest BCUT2D eigenvalue weighted by atomic mass is 9.98. The fraction of sp³-hybridized carbons (Fsp3) is 0.500. The lowest BCUT2D eigenvalue weighted by Gasteiger charge is -2.18. The standard InChI is InChI=1S/C12H18FNO3S/c1-12(2,3)8-14-18(16,17)10-4-5-11(13)9(6-10)7-15/h4-6,14-15H,7-8H2,1-3H3. The average Bonchev–Trinajstić information content (AvgIpc) is 2.26. The second kappa shape index (κ2) is 5.34. The molecule has 0 aromatic heterocycles. The molecular formula is C12H18FNO3S. The molecule has 0 saturated heterocycles. The van der Waals surface area contributed by atoms with Crippen molar-refractivity contribution < 1.29 is 17.9 Å². The summed E-state index contributed by atoms with van der Waals surface area (Å²) < 4.78 is 39.5. The SMILES string of the molecule is CC(C)(C)CNS(=O)(=O)c1ccc(F)c(CO)c1. The summed E-state index contributed by atoms with van der Waals surface area (Å²) in [5.74, 6) is -0.618. The molecule has 0 fully saturated rings. The minimum Gasteiger partial charge on any atom is -0.392 e. The van der Waals surface area contributed by atoms with Gasteiger partial charge in [0.25, 0.3) is 0 Å². The van der Waals surface area contributed by atoms with Crippen LogP contribution >= 0.6 is 0 Å². The van der Waals surface area contributed by atoms with Crippen LogP contribution in [0.4, 0.5) is 4.39 Å². The summed E-state index contributed by atoms with van der Waals surface area (Å²) in [6, 6.07) is 3.36. The molecule has 1 aromatic rings. The fourth-order valence-electron chi connectivity index (χ4n) is 1.23. The van der Waals surface area contributed by atoms with Crippen LogP contribution in [0.5, 0.6) is 0 Å². The third kappa shape index (κ3) is 4.04. The Morgan fingerprint density at radius 3 is 2.44 bits per heavy atom. The molecule has 0 unspecified atom stereocenters. The minimum atomic E-state index is -3.67. The molecule has 0 heterocycles. The summed E-state index contributed by atoms with van der Waals surface area (Å²) in [6.07, 6.45) is 0. The Bertz CT molecular complexity index is 521. The van der Waals surface area contributed by atoms with E-state index in [1.165, 1.54) is 6.07 Å². The van der Waals surface area contributed by atoms with Crippen molar-refractivity contribution in [1.82, 2.24) is 4.72 Å². The predicted octanol–water partition coefficient (Wildman–Crippen LogP) is 1.64. The van der Waals surface area contributed by atoms with E-state index in [2.05, 4.69) is 4.72 Å². The molecule has 6 heteroatoms. The molecule has 1 rings (SSSR count). The number of sulfonamides is 1. The van der Waals surface area contributed by atoms with Gasteiger partial charge in [-0.2, -0.15) is 0 Å². The van der Waals surface area contributed by atoms with Crippen LogP contribution in [-0.4, -0.2) is 20.1 Å². The molecular weight excluding hydrogens is 257 g/mol. The lowest BCUT2D eigenvalue weighted by Crippen LogP contribution is -2.32. The second-order valence-electron chi connectivity index (χ2n) is 5.30. The molecule has 102 valence electrons. The summed E-state index contributed by atoms with van der Waals surface area (Å²) in [5.41, 5.74) is -0.221. The van der Waals surface area contributed by atoms with Crippen molar-refractivity contribution in [3.63, 3.8) is 0 Å². The topological polar surface area (TPSA) is 66.4 Å². The van der Waals surface area contributed by atoms with Crippen molar-refractivity contribution in [3.8, 4) is 0 Å². The maximum absolute atomic E-state index is 13.2. The zero-order valence-electron chi connectivity index (χ0n) is 10.7. The molecule has 0 spiro atoms. The van der Waals surface area contributed by atoms with Crippen molar-refractivity contribution in [2.45, 2.75) is 32.3 Å². The molecule has 0 amide bonds. The van der Waals surface area contributed by atoms with Gasteiger partial charge in [0, 0.05) is 12.1 Å². The minimum absolute atomic E-state index is 0.0337. The summed E-state index contributed by atoms with van der Waals surface area (Å²) in [7, 11) is -3.67. The maximum atomic E-state index is 13.2. The Kier molecular flexibility index (Phi) is 4.47. The van der Waals surface area contributed by atoms with E-state index in [1.54, 1.807) is 0 Å². The first-order chi connectivity index (χ1) is 8.15. The molecule has 4 nitrogen and oxygen atoms in total. The highest BCUT2D eigenvalue weighted by molar-refractivity contribution is 7.89. The van der Waals surface area contributed by atoms with Gasteiger partial charge in [0.2, 0.25) is 10.0 Å². The molecule has 0 bridgehead atoms. The Hall–Kier alpha value is -0.980. The monoisotopic (exact) mass is 275 g/mol. The van der Waals surface area contributed by atoms with Crippen LogP contribution in [-0.2, 0) is 16.6 Å². The van der Waals surface area contributed by atoms with Crippen molar-refractivity contribution in [1.29, 1.82) is 0 Å². The van der Waals surface area contributed by atoms with Gasteiger partial charge in [-0.3, -0.25) is 0 Å². The Morgan fingerprint density at radius 1 is 1.33 bits per heavy atom. The first-order valence-corrected chi connectivity index (χ1v) is 7.03. The number of aliphatic hydroxyl groups excluding tert-OH is 1. The van der Waals surface area contributed by atoms with Crippen LogP contribution in [0.2, 0.25) is 0 Å². The number of nitrogens with one attached hydrogen (secondary N) is 1. The van der Waals surface area contributed by atoms with Crippen LogP contribution < -0.4 is 4.72 Å². The smallest absolute Gasteiger partial charge is 0.240 e. The lowest BCUT2D eigenvalue weighted by molar-refractivity contribution is 0.275. The van der Waals surface area contributed by atoms with Crippen molar-refractivity contribution in [3.05, 3.63) is 29.6 Å². The molecule has 2 N–H and O–H groups in total. The summed E-state index contributed by atoms with van der Waals surface area (Å²) in [4.78, 5) is -0.0443. The van der Waals surface area contributed by atoms with Crippen molar-refractivity contribution in [2.24, 2.45) is 5.41 Å². The van der Waals surface area contributed by atoms with Crippen LogP contribution in [0.25, 0.3) is 0 Å². The number of aliphatic hydroxyl groups is 1.